The zero-order chi connectivity index (χ0) is 23.8. The van der Waals surface area contributed by atoms with Crippen molar-refractivity contribution in [2.75, 3.05) is 17.2 Å². The summed E-state index contributed by atoms with van der Waals surface area (Å²) in [5.74, 6) is 1.06. The minimum absolute atomic E-state index is 0.140. The summed E-state index contributed by atoms with van der Waals surface area (Å²) in [6.07, 6.45) is 0.967. The lowest BCUT2D eigenvalue weighted by atomic mass is 10.1. The van der Waals surface area contributed by atoms with Crippen molar-refractivity contribution in [3.63, 3.8) is 0 Å². The highest BCUT2D eigenvalue weighted by molar-refractivity contribution is 9.10. The van der Waals surface area contributed by atoms with Crippen LogP contribution in [0.5, 0.6) is 11.6 Å². The van der Waals surface area contributed by atoms with Crippen LogP contribution in [-0.2, 0) is 4.74 Å². The summed E-state index contributed by atoms with van der Waals surface area (Å²) in [7, 11) is 0. The van der Waals surface area contributed by atoms with Crippen molar-refractivity contribution in [2.24, 2.45) is 0 Å². The topological polar surface area (TPSA) is 114 Å². The van der Waals surface area contributed by atoms with Crippen LogP contribution in [0.2, 0.25) is 0 Å². The number of anilines is 3. The van der Waals surface area contributed by atoms with Crippen molar-refractivity contribution < 1.29 is 14.3 Å². The molecular weight excluding hydrogens is 474 g/mol. The van der Waals surface area contributed by atoms with E-state index in [1.54, 1.807) is 13.1 Å². The maximum Gasteiger partial charge on any atom is 0.421 e. The average molecular weight is 498 g/mol. The molecule has 0 saturated heterocycles. The molecular formula is C23H24BrN5O3. The first-order valence-electron chi connectivity index (χ1n) is 9.66. The normalized spacial score (nSPS) is 9.97. The first kappa shape index (κ1) is 24.6. The van der Waals surface area contributed by atoms with Crippen molar-refractivity contribution in [2.45, 2.75) is 27.7 Å². The zero-order valence-corrected chi connectivity index (χ0v) is 19.9. The van der Waals surface area contributed by atoms with Gasteiger partial charge in [-0.2, -0.15) is 4.98 Å². The van der Waals surface area contributed by atoms with Crippen molar-refractivity contribution in [1.29, 1.82) is 5.26 Å². The molecule has 32 heavy (non-hydrogen) atoms. The Labute approximate surface area is 195 Å². The number of hydrogen-bond acceptors (Lipinski definition) is 7. The minimum atomic E-state index is -0.575. The Kier molecular flexibility index (Phi) is 8.55. The SMILES string of the molecule is C#N.CCOC(=O)N(c1ccc(C)cc1)c1ncc(Br)c(Oc2c(C)cc(N)cc2C)n1. The van der Waals surface area contributed by atoms with Gasteiger partial charge in [0, 0.05) is 12.3 Å². The van der Waals surface area contributed by atoms with Gasteiger partial charge in [-0.25, -0.2) is 19.9 Å². The quantitative estimate of drug-likeness (QED) is 0.431. The van der Waals surface area contributed by atoms with Crippen molar-refractivity contribution in [1.82, 2.24) is 9.97 Å². The molecule has 0 atom stereocenters. The molecule has 8 nitrogen and oxygen atoms in total. The van der Waals surface area contributed by atoms with Gasteiger partial charge in [-0.05, 0) is 79.0 Å². The molecule has 3 aromatic rings. The second kappa shape index (κ2) is 11.1. The van der Waals surface area contributed by atoms with Gasteiger partial charge in [0.2, 0.25) is 11.8 Å². The summed E-state index contributed by atoms with van der Waals surface area (Å²) in [6, 6.07) is 11.1. The molecule has 1 aromatic heterocycles. The zero-order valence-electron chi connectivity index (χ0n) is 18.3. The van der Waals surface area contributed by atoms with E-state index in [1.165, 1.54) is 4.90 Å². The molecule has 1 amide bonds. The Balaban J connectivity index is 0.00000176. The number of benzene rings is 2. The number of nitrogens with zero attached hydrogens (tertiary/aromatic N) is 4. The van der Waals surface area contributed by atoms with Crippen LogP contribution in [-0.4, -0.2) is 22.7 Å². The van der Waals surface area contributed by atoms with Crippen LogP contribution in [0.1, 0.15) is 23.6 Å². The van der Waals surface area contributed by atoms with Gasteiger partial charge in [0.1, 0.15) is 5.75 Å². The Morgan fingerprint density at radius 1 is 1.16 bits per heavy atom. The number of halogens is 1. The van der Waals surface area contributed by atoms with E-state index in [9.17, 15) is 4.79 Å². The Morgan fingerprint density at radius 2 is 1.75 bits per heavy atom. The third-order valence-electron chi connectivity index (χ3n) is 4.32. The van der Waals surface area contributed by atoms with Crippen LogP contribution in [0, 0.1) is 32.6 Å². The van der Waals surface area contributed by atoms with E-state index in [0.717, 1.165) is 16.7 Å². The monoisotopic (exact) mass is 497 g/mol. The molecule has 0 unspecified atom stereocenters. The number of carbonyl (C=O) groups is 1. The van der Waals surface area contributed by atoms with E-state index >= 15 is 0 Å². The first-order valence-corrected chi connectivity index (χ1v) is 10.5. The number of amides is 1. The van der Waals surface area contributed by atoms with Gasteiger partial charge in [0.25, 0.3) is 0 Å². The Hall–Kier alpha value is -3.64. The van der Waals surface area contributed by atoms with Crippen LogP contribution in [0.4, 0.5) is 22.1 Å². The van der Waals surface area contributed by atoms with E-state index in [-0.39, 0.29) is 18.4 Å². The number of nitrogens with two attached hydrogens (primary N) is 1. The smallest absolute Gasteiger partial charge is 0.421 e. The van der Waals surface area contributed by atoms with Crippen LogP contribution >= 0.6 is 15.9 Å². The lowest BCUT2D eigenvalue weighted by molar-refractivity contribution is 0.162. The molecule has 0 spiro atoms. The van der Waals surface area contributed by atoms with Gasteiger partial charge >= 0.3 is 6.09 Å². The number of hydrogen-bond donors (Lipinski definition) is 1. The van der Waals surface area contributed by atoms with Gasteiger partial charge in [0.15, 0.2) is 0 Å². The fourth-order valence-electron chi connectivity index (χ4n) is 2.95. The van der Waals surface area contributed by atoms with Crippen LogP contribution < -0.4 is 15.4 Å². The molecule has 2 N–H and O–H groups in total. The van der Waals surface area contributed by atoms with E-state index < -0.39 is 6.09 Å². The highest BCUT2D eigenvalue weighted by Crippen LogP contribution is 2.35. The standard InChI is InChI=1S/C22H23BrN4O3.CHN/c1-5-29-22(28)27(17-8-6-13(2)7-9-17)21-25-12-18(23)20(26-21)30-19-14(3)10-16(24)11-15(19)4;1-2/h6-12H,5,24H2,1-4H3;1H. The predicted octanol–water partition coefficient (Wildman–Crippen LogP) is 5.97. The number of ether oxygens (including phenoxy) is 2. The Bertz CT molecular complexity index is 1090. The molecule has 0 aliphatic rings. The summed E-state index contributed by atoms with van der Waals surface area (Å²) >= 11 is 3.42. The maximum absolute atomic E-state index is 12.7. The minimum Gasteiger partial charge on any atom is -0.449 e. The summed E-state index contributed by atoms with van der Waals surface area (Å²) < 4.78 is 11.9. The molecule has 0 radical (unpaired) electrons. The second-order valence-corrected chi connectivity index (χ2v) is 7.63. The summed E-state index contributed by atoms with van der Waals surface area (Å²) in [4.78, 5) is 22.8. The van der Waals surface area contributed by atoms with Crippen molar-refractivity contribution in [3.8, 4) is 18.2 Å². The summed E-state index contributed by atoms with van der Waals surface area (Å²) in [5.41, 5.74) is 9.97. The fourth-order valence-corrected chi connectivity index (χ4v) is 3.22. The third-order valence-corrected chi connectivity index (χ3v) is 4.87. The van der Waals surface area contributed by atoms with Crippen LogP contribution in [0.25, 0.3) is 0 Å². The highest BCUT2D eigenvalue weighted by atomic mass is 79.9. The average Bonchev–Trinajstić information content (AvgIpc) is 2.76. The lowest BCUT2D eigenvalue weighted by Crippen LogP contribution is -2.28. The van der Waals surface area contributed by atoms with Crippen molar-refractivity contribution >= 4 is 39.3 Å². The molecule has 0 bridgehead atoms. The molecule has 0 saturated carbocycles. The predicted molar refractivity (Wildman–Crippen MR) is 127 cm³/mol. The molecule has 0 aliphatic carbocycles. The number of nitrogen functional groups attached to an aromatic ring is 1. The van der Waals surface area contributed by atoms with Gasteiger partial charge in [-0.15, -0.1) is 0 Å². The van der Waals surface area contributed by atoms with Gasteiger partial charge in [0.05, 0.1) is 23.0 Å². The van der Waals surface area contributed by atoms with Gasteiger partial charge < -0.3 is 15.2 Å². The molecule has 3 rings (SSSR count). The van der Waals surface area contributed by atoms with E-state index in [1.807, 2.05) is 57.2 Å². The van der Waals surface area contributed by atoms with E-state index in [0.29, 0.717) is 21.6 Å². The Morgan fingerprint density at radius 3 is 2.31 bits per heavy atom. The molecule has 1 heterocycles. The second-order valence-electron chi connectivity index (χ2n) is 6.78. The number of rotatable bonds is 5. The van der Waals surface area contributed by atoms with Gasteiger partial charge in [-0.1, -0.05) is 17.7 Å². The van der Waals surface area contributed by atoms with Crippen molar-refractivity contribution in [3.05, 3.63) is 63.8 Å². The summed E-state index contributed by atoms with van der Waals surface area (Å²) in [5, 5.41) is 6.50. The molecule has 9 heteroatoms. The van der Waals surface area contributed by atoms with Crippen LogP contribution in [0.3, 0.4) is 0 Å². The fraction of sp³-hybridized carbons (Fsp3) is 0.217. The highest BCUT2D eigenvalue weighted by Gasteiger charge is 2.24. The first-order chi connectivity index (χ1) is 15.3. The number of aromatic nitrogens is 2. The van der Waals surface area contributed by atoms with Crippen LogP contribution in [0.15, 0.2) is 47.1 Å². The maximum atomic E-state index is 12.7. The number of aryl methyl sites for hydroxylation is 3. The number of carbonyl (C=O) groups excluding carboxylic acids is 1. The van der Waals surface area contributed by atoms with E-state index in [2.05, 4.69) is 32.5 Å². The van der Waals surface area contributed by atoms with E-state index in [4.69, 9.17) is 20.5 Å². The van der Waals surface area contributed by atoms with Gasteiger partial charge in [-0.3, -0.25) is 0 Å². The molecule has 0 fully saturated rings. The molecule has 2 aromatic carbocycles. The number of nitriles is 1. The lowest BCUT2D eigenvalue weighted by Gasteiger charge is -2.21. The summed E-state index contributed by atoms with van der Waals surface area (Å²) in [6.45, 7) is 11.3. The largest absolute Gasteiger partial charge is 0.449 e. The molecule has 0 aliphatic heterocycles. The molecule has 166 valence electrons. The third kappa shape index (κ3) is 5.74.